The molecule has 1 heterocycles. The number of hydrogen-bond donors (Lipinski definition) is 4. The van der Waals surface area contributed by atoms with Crippen LogP contribution in [-0.4, -0.2) is 51.0 Å². The van der Waals surface area contributed by atoms with Gasteiger partial charge in [-0.2, -0.15) is 0 Å². The molecule has 2 aliphatic carbocycles. The molecule has 0 aromatic heterocycles. The van der Waals surface area contributed by atoms with E-state index in [4.69, 9.17) is 16.5 Å². The molecule has 1 saturated carbocycles. The van der Waals surface area contributed by atoms with E-state index >= 15 is 0 Å². The predicted octanol–water partition coefficient (Wildman–Crippen LogP) is 1.45. The summed E-state index contributed by atoms with van der Waals surface area (Å²) in [6, 6.07) is 0. The van der Waals surface area contributed by atoms with Crippen molar-refractivity contribution in [1.82, 2.24) is 15.5 Å². The summed E-state index contributed by atoms with van der Waals surface area (Å²) in [7, 11) is 4.07. The third-order valence-electron chi connectivity index (χ3n) is 5.50. The Morgan fingerprint density at radius 3 is 2.85 bits per heavy atom. The zero-order chi connectivity index (χ0) is 19.2. The molecule has 1 unspecified atom stereocenters. The van der Waals surface area contributed by atoms with E-state index < -0.39 is 0 Å². The molecule has 0 amide bonds. The molecule has 0 aromatic rings. The second-order valence-corrected chi connectivity index (χ2v) is 7.74. The number of nitrogens with one attached hydrogen (secondary N) is 2. The third-order valence-corrected chi connectivity index (χ3v) is 5.50. The first-order valence-corrected chi connectivity index (χ1v) is 10.1. The van der Waals surface area contributed by atoms with Crippen LogP contribution >= 0.6 is 0 Å². The fourth-order valence-electron chi connectivity index (χ4n) is 3.61. The van der Waals surface area contributed by atoms with Crippen molar-refractivity contribution < 1.29 is 0 Å². The van der Waals surface area contributed by atoms with Gasteiger partial charge < -0.3 is 27.0 Å². The molecule has 27 heavy (non-hydrogen) atoms. The van der Waals surface area contributed by atoms with Crippen LogP contribution in [0.15, 0.2) is 52.0 Å². The van der Waals surface area contributed by atoms with Crippen LogP contribution in [0, 0.1) is 11.8 Å². The van der Waals surface area contributed by atoms with Crippen LogP contribution in [0.1, 0.15) is 25.7 Å². The molecule has 1 atom stereocenters. The Labute approximate surface area is 163 Å². The second kappa shape index (κ2) is 9.24. The van der Waals surface area contributed by atoms with Gasteiger partial charge in [0.1, 0.15) is 5.84 Å². The van der Waals surface area contributed by atoms with Gasteiger partial charge in [-0.3, -0.25) is 0 Å². The first-order valence-electron chi connectivity index (χ1n) is 10.1. The quantitative estimate of drug-likeness (QED) is 0.383. The minimum atomic E-state index is 0.328. The number of nitrogens with two attached hydrogens (primary N) is 2. The van der Waals surface area contributed by atoms with Crippen molar-refractivity contribution in [3.05, 3.63) is 47.0 Å². The van der Waals surface area contributed by atoms with Crippen LogP contribution in [0.5, 0.6) is 0 Å². The van der Waals surface area contributed by atoms with Gasteiger partial charge in [0, 0.05) is 62.5 Å². The maximum Gasteiger partial charge on any atom is 0.130 e. The summed E-state index contributed by atoms with van der Waals surface area (Å²) in [5.41, 5.74) is 16.6. The summed E-state index contributed by atoms with van der Waals surface area (Å²) in [6.45, 7) is 3.53. The largest absolute Gasteiger partial charge is 0.391 e. The molecule has 0 radical (unpaired) electrons. The molecule has 1 aliphatic heterocycles. The first kappa shape index (κ1) is 19.7. The SMILES string of the molecule is CN/C(=C\CN)C1C=CC(N=C(N)C2=C(NCC3CC3)CCN(C)C2)=CC1. The van der Waals surface area contributed by atoms with Crippen LogP contribution < -0.4 is 22.1 Å². The summed E-state index contributed by atoms with van der Waals surface area (Å²) in [5, 5.41) is 6.88. The molecule has 6 nitrogen and oxygen atoms in total. The Bertz CT molecular complexity index is 681. The highest BCUT2D eigenvalue weighted by atomic mass is 15.1. The van der Waals surface area contributed by atoms with E-state index in [-0.39, 0.29) is 0 Å². The Kier molecular flexibility index (Phi) is 6.74. The highest BCUT2D eigenvalue weighted by Crippen LogP contribution is 2.29. The van der Waals surface area contributed by atoms with Crippen LogP contribution in [0.25, 0.3) is 0 Å². The topological polar surface area (TPSA) is 91.7 Å². The normalized spacial score (nSPS) is 24.9. The molecule has 0 saturated heterocycles. The van der Waals surface area contributed by atoms with Gasteiger partial charge in [0.05, 0.1) is 5.70 Å². The minimum absolute atomic E-state index is 0.328. The van der Waals surface area contributed by atoms with E-state index in [1.54, 1.807) is 0 Å². The van der Waals surface area contributed by atoms with Gasteiger partial charge in [-0.15, -0.1) is 0 Å². The molecule has 3 aliphatic rings. The summed E-state index contributed by atoms with van der Waals surface area (Å²) in [6.07, 6.45) is 13.1. The van der Waals surface area contributed by atoms with Crippen molar-refractivity contribution in [3.63, 3.8) is 0 Å². The van der Waals surface area contributed by atoms with E-state index in [0.717, 1.165) is 55.4 Å². The van der Waals surface area contributed by atoms with Crippen molar-refractivity contribution in [3.8, 4) is 0 Å². The van der Waals surface area contributed by atoms with Crippen molar-refractivity contribution in [2.75, 3.05) is 40.3 Å². The lowest BCUT2D eigenvalue weighted by atomic mass is 9.95. The lowest BCUT2D eigenvalue weighted by Gasteiger charge is -2.28. The van der Waals surface area contributed by atoms with E-state index in [1.807, 2.05) is 13.1 Å². The number of amidine groups is 1. The molecule has 6 heteroatoms. The lowest BCUT2D eigenvalue weighted by Crippen LogP contribution is -2.37. The fourth-order valence-corrected chi connectivity index (χ4v) is 3.61. The van der Waals surface area contributed by atoms with Crippen LogP contribution in [-0.2, 0) is 0 Å². The third kappa shape index (κ3) is 5.47. The Morgan fingerprint density at radius 1 is 1.41 bits per heavy atom. The Morgan fingerprint density at radius 2 is 2.22 bits per heavy atom. The number of allylic oxidation sites excluding steroid dienone is 3. The predicted molar refractivity (Wildman–Crippen MR) is 113 cm³/mol. The van der Waals surface area contributed by atoms with Crippen molar-refractivity contribution in [1.29, 1.82) is 0 Å². The zero-order valence-corrected chi connectivity index (χ0v) is 16.7. The average molecular weight is 371 g/mol. The summed E-state index contributed by atoms with van der Waals surface area (Å²) in [5.74, 6) is 1.82. The molecule has 0 spiro atoms. The lowest BCUT2D eigenvalue weighted by molar-refractivity contribution is 0.346. The smallest absolute Gasteiger partial charge is 0.130 e. The zero-order valence-electron chi connectivity index (χ0n) is 16.7. The van der Waals surface area contributed by atoms with Gasteiger partial charge in [0.25, 0.3) is 0 Å². The molecular formula is C21H34N6. The fraction of sp³-hybridized carbons (Fsp3) is 0.571. The molecule has 1 fully saturated rings. The van der Waals surface area contributed by atoms with Crippen LogP contribution in [0.4, 0.5) is 0 Å². The van der Waals surface area contributed by atoms with Crippen LogP contribution in [0.3, 0.4) is 0 Å². The number of nitrogens with zero attached hydrogens (tertiary/aromatic N) is 2. The standard InChI is InChI=1S/C21H34N6/c1-24-19(9-11-22)16-5-7-17(8-6-16)26-21(23)18-14-27(2)12-10-20(18)25-13-15-3-4-15/h5,7-9,15-16,24-25H,3-4,6,10-14,22H2,1-2H3,(H2,23,26)/b19-9-. The van der Waals surface area contributed by atoms with Crippen molar-refractivity contribution in [2.24, 2.45) is 28.3 Å². The Balaban J connectivity index is 1.70. The molecule has 3 rings (SSSR count). The number of hydrogen-bond acceptors (Lipinski definition) is 5. The number of rotatable bonds is 8. The van der Waals surface area contributed by atoms with Gasteiger partial charge in [-0.1, -0.05) is 18.2 Å². The molecule has 148 valence electrons. The van der Waals surface area contributed by atoms with Gasteiger partial charge in [-0.05, 0) is 38.3 Å². The van der Waals surface area contributed by atoms with Gasteiger partial charge in [-0.25, -0.2) is 4.99 Å². The van der Waals surface area contributed by atoms with Gasteiger partial charge in [0.15, 0.2) is 0 Å². The number of likely N-dealkylation sites (N-methyl/N-ethyl adjacent to an activating group) is 1. The summed E-state index contributed by atoms with van der Waals surface area (Å²) < 4.78 is 0. The summed E-state index contributed by atoms with van der Waals surface area (Å²) >= 11 is 0. The molecular weight excluding hydrogens is 336 g/mol. The first-order chi connectivity index (χ1) is 13.1. The maximum atomic E-state index is 6.43. The second-order valence-electron chi connectivity index (χ2n) is 7.74. The van der Waals surface area contributed by atoms with Gasteiger partial charge >= 0.3 is 0 Å². The highest BCUT2D eigenvalue weighted by Gasteiger charge is 2.24. The number of aliphatic imine (C=N–C) groups is 1. The minimum Gasteiger partial charge on any atom is -0.391 e. The van der Waals surface area contributed by atoms with E-state index in [9.17, 15) is 0 Å². The average Bonchev–Trinajstić information content (AvgIpc) is 3.50. The van der Waals surface area contributed by atoms with Crippen molar-refractivity contribution in [2.45, 2.75) is 25.7 Å². The Hall–Kier alpha value is -2.05. The summed E-state index contributed by atoms with van der Waals surface area (Å²) in [4.78, 5) is 7.04. The van der Waals surface area contributed by atoms with Gasteiger partial charge in [0.2, 0.25) is 0 Å². The maximum absolute atomic E-state index is 6.43. The van der Waals surface area contributed by atoms with E-state index in [0.29, 0.717) is 18.3 Å². The van der Waals surface area contributed by atoms with Crippen LogP contribution in [0.2, 0.25) is 0 Å². The molecule has 0 aromatic carbocycles. The molecule has 6 N–H and O–H groups in total. The van der Waals surface area contributed by atoms with E-state index in [1.165, 1.54) is 18.5 Å². The van der Waals surface area contributed by atoms with E-state index in [2.05, 4.69) is 40.8 Å². The van der Waals surface area contributed by atoms with Crippen molar-refractivity contribution >= 4 is 5.84 Å². The monoisotopic (exact) mass is 370 g/mol. The highest BCUT2D eigenvalue weighted by molar-refractivity contribution is 5.99. The molecule has 0 bridgehead atoms.